The van der Waals surface area contributed by atoms with Crippen LogP contribution < -0.4 is 5.73 Å². The quantitative estimate of drug-likeness (QED) is 0.622. The number of hydrogen-bond acceptors (Lipinski definition) is 4. The highest BCUT2D eigenvalue weighted by molar-refractivity contribution is 5.71. The zero-order valence-electron chi connectivity index (χ0n) is 13.4. The first kappa shape index (κ1) is 15.8. The van der Waals surface area contributed by atoms with Crippen LogP contribution in [-0.2, 0) is 14.3 Å². The van der Waals surface area contributed by atoms with Crippen molar-refractivity contribution < 1.29 is 14.3 Å². The van der Waals surface area contributed by atoms with E-state index in [9.17, 15) is 4.79 Å². The first-order valence-electron chi connectivity index (χ1n) is 7.84. The molecule has 2 aliphatic rings. The van der Waals surface area contributed by atoms with Crippen molar-refractivity contribution in [1.82, 2.24) is 0 Å². The van der Waals surface area contributed by atoms with E-state index in [1.165, 1.54) is 12.8 Å². The van der Waals surface area contributed by atoms with Gasteiger partial charge in [-0.05, 0) is 42.4 Å². The van der Waals surface area contributed by atoms with Crippen LogP contribution in [0.25, 0.3) is 0 Å². The Kier molecular flexibility index (Phi) is 4.18. The Morgan fingerprint density at radius 2 is 2.05 bits per heavy atom. The standard InChI is InChI=1S/C16H29NO3/c1-6-10(2)13(18)20-14(17)19-12-9-11-7-8-16(12,5)15(11,3)4/h10-12,14H,6-9,17H2,1-5H3. The third-order valence-electron chi connectivity index (χ3n) is 6.26. The fourth-order valence-electron chi connectivity index (χ4n) is 3.92. The predicted octanol–water partition coefficient (Wildman–Crippen LogP) is 3.05. The number of ether oxygens (including phenoxy) is 2. The Hall–Kier alpha value is -0.610. The molecular formula is C16H29NO3. The van der Waals surface area contributed by atoms with Gasteiger partial charge in [0.05, 0.1) is 12.0 Å². The van der Waals surface area contributed by atoms with Gasteiger partial charge in [0.15, 0.2) is 0 Å². The molecule has 2 bridgehead atoms. The van der Waals surface area contributed by atoms with E-state index in [1.807, 2.05) is 13.8 Å². The second kappa shape index (κ2) is 5.30. The first-order chi connectivity index (χ1) is 9.22. The Labute approximate surface area is 122 Å². The molecule has 2 rings (SSSR count). The Balaban J connectivity index is 1.94. The molecule has 2 saturated carbocycles. The molecule has 4 heteroatoms. The topological polar surface area (TPSA) is 61.5 Å². The van der Waals surface area contributed by atoms with Crippen molar-refractivity contribution in [2.45, 2.75) is 72.8 Å². The van der Waals surface area contributed by atoms with Crippen LogP contribution in [0.15, 0.2) is 0 Å². The van der Waals surface area contributed by atoms with Crippen molar-refractivity contribution in [1.29, 1.82) is 0 Å². The van der Waals surface area contributed by atoms with E-state index in [1.54, 1.807) is 0 Å². The maximum absolute atomic E-state index is 11.7. The predicted molar refractivity (Wildman–Crippen MR) is 77.6 cm³/mol. The second-order valence-corrected chi connectivity index (χ2v) is 7.35. The largest absolute Gasteiger partial charge is 0.422 e. The SMILES string of the molecule is CCC(C)C(=O)OC(N)OC1CC2CCC1(C)C2(C)C. The molecule has 20 heavy (non-hydrogen) atoms. The third-order valence-corrected chi connectivity index (χ3v) is 6.26. The summed E-state index contributed by atoms with van der Waals surface area (Å²) in [5.41, 5.74) is 6.27. The van der Waals surface area contributed by atoms with Gasteiger partial charge in [-0.2, -0.15) is 0 Å². The minimum Gasteiger partial charge on any atom is -0.422 e. The van der Waals surface area contributed by atoms with Gasteiger partial charge in [0, 0.05) is 0 Å². The van der Waals surface area contributed by atoms with Crippen molar-refractivity contribution in [2.75, 3.05) is 0 Å². The minimum absolute atomic E-state index is 0.0935. The molecule has 2 aliphatic carbocycles. The molecule has 0 aliphatic heterocycles. The highest BCUT2D eigenvalue weighted by Gasteiger charge is 2.62. The maximum atomic E-state index is 11.7. The lowest BCUT2D eigenvalue weighted by Gasteiger charge is -2.39. The number of rotatable bonds is 5. The molecule has 5 atom stereocenters. The Bertz CT molecular complexity index is 382. The van der Waals surface area contributed by atoms with Crippen molar-refractivity contribution in [3.8, 4) is 0 Å². The number of esters is 1. The molecule has 0 heterocycles. The van der Waals surface area contributed by atoms with Crippen LogP contribution in [0.1, 0.15) is 60.3 Å². The van der Waals surface area contributed by atoms with Crippen LogP contribution in [0.2, 0.25) is 0 Å². The van der Waals surface area contributed by atoms with Crippen molar-refractivity contribution in [3.63, 3.8) is 0 Å². The second-order valence-electron chi connectivity index (χ2n) is 7.35. The van der Waals surface area contributed by atoms with E-state index in [0.29, 0.717) is 5.92 Å². The van der Waals surface area contributed by atoms with Crippen molar-refractivity contribution in [3.05, 3.63) is 0 Å². The molecule has 5 unspecified atom stereocenters. The van der Waals surface area contributed by atoms with Crippen LogP contribution in [-0.4, -0.2) is 18.5 Å². The van der Waals surface area contributed by atoms with Crippen LogP contribution in [0.4, 0.5) is 0 Å². The van der Waals surface area contributed by atoms with Gasteiger partial charge in [-0.25, -0.2) is 0 Å². The number of hydrogen-bond donors (Lipinski definition) is 1. The lowest BCUT2D eigenvalue weighted by molar-refractivity contribution is -0.206. The van der Waals surface area contributed by atoms with Gasteiger partial charge < -0.3 is 9.47 Å². The summed E-state index contributed by atoms with van der Waals surface area (Å²) in [6.45, 7) is 10.7. The zero-order valence-corrected chi connectivity index (χ0v) is 13.4. The third kappa shape index (κ3) is 2.37. The Morgan fingerprint density at radius 1 is 1.40 bits per heavy atom. The summed E-state index contributed by atoms with van der Waals surface area (Å²) in [6.07, 6.45) is 3.37. The summed E-state index contributed by atoms with van der Waals surface area (Å²) in [4.78, 5) is 11.7. The highest BCUT2D eigenvalue weighted by atomic mass is 16.7. The fourth-order valence-corrected chi connectivity index (χ4v) is 3.92. The summed E-state index contributed by atoms with van der Waals surface area (Å²) in [5.74, 6) is 0.291. The zero-order chi connectivity index (χ0) is 15.1. The van der Waals surface area contributed by atoms with Gasteiger partial charge >= 0.3 is 5.97 Å². The van der Waals surface area contributed by atoms with Gasteiger partial charge in [-0.3, -0.25) is 10.5 Å². The van der Waals surface area contributed by atoms with Crippen LogP contribution in [0.3, 0.4) is 0 Å². The van der Waals surface area contributed by atoms with Gasteiger partial charge in [0.25, 0.3) is 6.41 Å². The molecular weight excluding hydrogens is 254 g/mol. The summed E-state index contributed by atoms with van der Waals surface area (Å²) in [5, 5.41) is 0. The van der Waals surface area contributed by atoms with Gasteiger partial charge in [0.2, 0.25) is 0 Å². The summed E-state index contributed by atoms with van der Waals surface area (Å²) in [7, 11) is 0. The van der Waals surface area contributed by atoms with Gasteiger partial charge in [-0.15, -0.1) is 0 Å². The number of nitrogens with two attached hydrogens (primary N) is 1. The Morgan fingerprint density at radius 3 is 2.50 bits per heavy atom. The van der Waals surface area contributed by atoms with E-state index in [2.05, 4.69) is 20.8 Å². The number of carbonyl (C=O) groups excluding carboxylic acids is 1. The minimum atomic E-state index is -0.937. The van der Waals surface area contributed by atoms with Gasteiger partial charge in [0.1, 0.15) is 0 Å². The highest BCUT2D eigenvalue weighted by Crippen LogP contribution is 2.66. The molecule has 0 aromatic heterocycles. The average molecular weight is 283 g/mol. The molecule has 0 saturated heterocycles. The molecule has 0 aromatic rings. The molecule has 116 valence electrons. The number of carbonyl (C=O) groups is 1. The van der Waals surface area contributed by atoms with E-state index in [-0.39, 0.29) is 28.8 Å². The lowest BCUT2D eigenvalue weighted by atomic mass is 9.70. The summed E-state index contributed by atoms with van der Waals surface area (Å²) >= 11 is 0. The smallest absolute Gasteiger partial charge is 0.311 e. The molecule has 0 amide bonds. The van der Waals surface area contributed by atoms with Crippen LogP contribution >= 0.6 is 0 Å². The summed E-state index contributed by atoms with van der Waals surface area (Å²) in [6, 6.07) is 0. The molecule has 2 N–H and O–H groups in total. The van der Waals surface area contributed by atoms with E-state index < -0.39 is 6.41 Å². The van der Waals surface area contributed by atoms with E-state index >= 15 is 0 Å². The first-order valence-corrected chi connectivity index (χ1v) is 7.84. The van der Waals surface area contributed by atoms with E-state index in [0.717, 1.165) is 12.8 Å². The maximum Gasteiger partial charge on any atom is 0.311 e. The number of fused-ring (bicyclic) bond motifs is 2. The molecule has 0 radical (unpaired) electrons. The van der Waals surface area contributed by atoms with Crippen LogP contribution in [0, 0.1) is 22.7 Å². The molecule has 4 nitrogen and oxygen atoms in total. The normalized spacial score (nSPS) is 37.7. The van der Waals surface area contributed by atoms with Crippen molar-refractivity contribution >= 4 is 5.97 Å². The van der Waals surface area contributed by atoms with Gasteiger partial charge in [-0.1, -0.05) is 34.6 Å². The molecule has 0 spiro atoms. The lowest BCUT2D eigenvalue weighted by Crippen LogP contribution is -2.43. The molecule has 2 fully saturated rings. The van der Waals surface area contributed by atoms with Crippen LogP contribution in [0.5, 0.6) is 0 Å². The average Bonchev–Trinajstić information content (AvgIpc) is 2.70. The monoisotopic (exact) mass is 283 g/mol. The molecule has 0 aromatic carbocycles. The van der Waals surface area contributed by atoms with Crippen molar-refractivity contribution in [2.24, 2.45) is 28.4 Å². The summed E-state index contributed by atoms with van der Waals surface area (Å²) < 4.78 is 11.1. The van der Waals surface area contributed by atoms with E-state index in [4.69, 9.17) is 15.2 Å². The fraction of sp³-hybridized carbons (Fsp3) is 0.938.